The van der Waals surface area contributed by atoms with Crippen LogP contribution in [0.15, 0.2) is 6.07 Å². The average Bonchev–Trinajstić information content (AvgIpc) is 2.68. The Kier molecular flexibility index (Phi) is 5.26. The van der Waals surface area contributed by atoms with E-state index in [4.69, 9.17) is 0 Å². The number of nitrogens with one attached hydrogen (secondary N) is 1. The van der Waals surface area contributed by atoms with Gasteiger partial charge in [0.1, 0.15) is 0 Å². The summed E-state index contributed by atoms with van der Waals surface area (Å²) in [5, 5.41) is 10.2. The number of hydrogen-bond donors (Lipinski definition) is 1. The molecule has 3 nitrogen and oxygen atoms in total. The minimum atomic E-state index is 0.530. The first-order valence-corrected chi connectivity index (χ1v) is 8.94. The number of nitrogens with zero attached hydrogens (tertiary/aromatic N) is 2. The highest BCUT2D eigenvalue weighted by Gasteiger charge is 2.31. The molecule has 2 rings (SSSR count). The van der Waals surface area contributed by atoms with Crippen molar-refractivity contribution in [3.8, 4) is 0 Å². The molecule has 4 atom stereocenters. The molecule has 0 spiro atoms. The van der Waals surface area contributed by atoms with Crippen LogP contribution in [0.3, 0.4) is 0 Å². The van der Waals surface area contributed by atoms with E-state index in [1.165, 1.54) is 11.4 Å². The molecular formula is C14H25N3S2. The van der Waals surface area contributed by atoms with Crippen molar-refractivity contribution in [2.24, 2.45) is 7.05 Å². The molecule has 1 aliphatic heterocycles. The predicted molar refractivity (Wildman–Crippen MR) is 87.3 cm³/mol. The minimum Gasteiger partial charge on any atom is -0.315 e. The zero-order valence-electron chi connectivity index (χ0n) is 12.5. The van der Waals surface area contributed by atoms with Gasteiger partial charge in [0.2, 0.25) is 0 Å². The second-order valence-corrected chi connectivity index (χ2v) is 8.45. The van der Waals surface area contributed by atoms with Gasteiger partial charge in [-0.3, -0.25) is 4.68 Å². The third-order valence-electron chi connectivity index (χ3n) is 3.92. The molecule has 0 saturated carbocycles. The largest absolute Gasteiger partial charge is 0.315 e. The normalized spacial score (nSPS) is 29.4. The maximum atomic E-state index is 4.45. The van der Waals surface area contributed by atoms with Gasteiger partial charge < -0.3 is 5.32 Å². The van der Waals surface area contributed by atoms with Crippen LogP contribution in [0, 0.1) is 6.92 Å². The first-order valence-electron chi connectivity index (χ1n) is 6.95. The summed E-state index contributed by atoms with van der Waals surface area (Å²) in [7, 11) is 4.13. The van der Waals surface area contributed by atoms with E-state index in [0.29, 0.717) is 11.3 Å². The van der Waals surface area contributed by atoms with E-state index >= 15 is 0 Å². The van der Waals surface area contributed by atoms with Gasteiger partial charge in [-0.2, -0.15) is 28.6 Å². The Morgan fingerprint density at radius 1 is 1.47 bits per heavy atom. The Morgan fingerprint density at radius 3 is 2.74 bits per heavy atom. The Balaban J connectivity index is 2.02. The Labute approximate surface area is 125 Å². The van der Waals surface area contributed by atoms with Crippen molar-refractivity contribution in [1.82, 2.24) is 15.1 Å². The van der Waals surface area contributed by atoms with E-state index in [2.05, 4.69) is 67.8 Å². The van der Waals surface area contributed by atoms with Crippen LogP contribution in [0.5, 0.6) is 0 Å². The summed E-state index contributed by atoms with van der Waals surface area (Å²) in [6, 6.07) is 2.74. The van der Waals surface area contributed by atoms with Crippen LogP contribution in [0.2, 0.25) is 0 Å². The fourth-order valence-corrected chi connectivity index (χ4v) is 5.69. The first kappa shape index (κ1) is 15.3. The molecule has 1 fully saturated rings. The highest BCUT2D eigenvalue weighted by atomic mass is 32.2. The lowest BCUT2D eigenvalue weighted by Gasteiger charge is -2.35. The van der Waals surface area contributed by atoms with Crippen molar-refractivity contribution in [2.75, 3.05) is 12.8 Å². The quantitative estimate of drug-likeness (QED) is 0.925. The van der Waals surface area contributed by atoms with Crippen LogP contribution in [0.25, 0.3) is 0 Å². The van der Waals surface area contributed by atoms with E-state index in [-0.39, 0.29) is 0 Å². The molecule has 1 saturated heterocycles. The molecule has 2 heterocycles. The second kappa shape index (κ2) is 6.55. The van der Waals surface area contributed by atoms with E-state index < -0.39 is 0 Å². The molecule has 0 aromatic carbocycles. The van der Waals surface area contributed by atoms with E-state index in [1.807, 2.05) is 11.7 Å². The number of likely N-dealkylation sites (N-methyl/N-ethyl adjacent to an activating group) is 1. The molecule has 0 aliphatic carbocycles. The lowest BCUT2D eigenvalue weighted by atomic mass is 10.1. The van der Waals surface area contributed by atoms with Crippen LogP contribution in [-0.4, -0.2) is 44.4 Å². The molecule has 1 aromatic heterocycles. The molecule has 1 aliphatic rings. The minimum absolute atomic E-state index is 0.530. The number of hydrogen-bond acceptors (Lipinski definition) is 4. The lowest BCUT2D eigenvalue weighted by Crippen LogP contribution is -2.43. The first-order chi connectivity index (χ1) is 9.01. The number of aromatic nitrogens is 2. The van der Waals surface area contributed by atoms with Crippen molar-refractivity contribution in [1.29, 1.82) is 0 Å². The van der Waals surface area contributed by atoms with Crippen molar-refractivity contribution < 1.29 is 0 Å². The molecule has 4 unspecified atom stereocenters. The van der Waals surface area contributed by atoms with E-state index in [9.17, 15) is 0 Å². The van der Waals surface area contributed by atoms with Crippen LogP contribution < -0.4 is 5.32 Å². The van der Waals surface area contributed by atoms with E-state index in [1.54, 1.807) is 0 Å². The molecule has 1 aromatic rings. The van der Waals surface area contributed by atoms with Crippen molar-refractivity contribution >= 4 is 23.5 Å². The lowest BCUT2D eigenvalue weighted by molar-refractivity contribution is 0.532. The van der Waals surface area contributed by atoms with Gasteiger partial charge in [0.25, 0.3) is 0 Å². The Morgan fingerprint density at radius 2 is 2.21 bits per heavy atom. The third-order valence-corrected chi connectivity index (χ3v) is 7.47. The van der Waals surface area contributed by atoms with Crippen molar-refractivity contribution in [2.45, 2.75) is 49.0 Å². The van der Waals surface area contributed by atoms with Gasteiger partial charge in [-0.1, -0.05) is 13.8 Å². The summed E-state index contributed by atoms with van der Waals surface area (Å²) in [5.41, 5.74) is 2.44. The van der Waals surface area contributed by atoms with Crippen LogP contribution in [-0.2, 0) is 13.5 Å². The Hall–Kier alpha value is -0.130. The molecule has 0 bridgehead atoms. The predicted octanol–water partition coefficient (Wildman–Crippen LogP) is 2.48. The highest BCUT2D eigenvalue weighted by molar-refractivity contribution is 8.07. The van der Waals surface area contributed by atoms with Crippen LogP contribution in [0.1, 0.15) is 25.2 Å². The van der Waals surface area contributed by atoms with Crippen LogP contribution in [0.4, 0.5) is 0 Å². The topological polar surface area (TPSA) is 29.9 Å². The summed E-state index contributed by atoms with van der Waals surface area (Å²) >= 11 is 4.26. The number of thioether (sulfide) groups is 2. The monoisotopic (exact) mass is 299 g/mol. The van der Waals surface area contributed by atoms with Crippen molar-refractivity contribution in [3.63, 3.8) is 0 Å². The standard InChI is InChI=1S/C14H25N3S2/c1-9-6-12(17(5)16-9)7-13(15-4)14-8-18-10(2)11(3)19-14/h6,10-11,13-15H,7-8H2,1-5H3. The van der Waals surface area contributed by atoms with Gasteiger partial charge in [-0.25, -0.2) is 0 Å². The maximum absolute atomic E-state index is 4.45. The van der Waals surface area contributed by atoms with Crippen LogP contribution >= 0.6 is 23.5 Å². The smallest absolute Gasteiger partial charge is 0.0596 e. The molecule has 5 heteroatoms. The highest BCUT2D eigenvalue weighted by Crippen LogP contribution is 2.37. The summed E-state index contributed by atoms with van der Waals surface area (Å²) < 4.78 is 2.02. The maximum Gasteiger partial charge on any atom is 0.0596 e. The summed E-state index contributed by atoms with van der Waals surface area (Å²) in [6.07, 6.45) is 1.06. The third kappa shape index (κ3) is 3.70. The molecule has 19 heavy (non-hydrogen) atoms. The summed E-state index contributed by atoms with van der Waals surface area (Å²) in [5.74, 6) is 1.25. The SMILES string of the molecule is CNC(Cc1cc(C)nn1C)C1CSC(C)C(C)S1. The van der Waals surface area contributed by atoms with Gasteiger partial charge in [0.05, 0.1) is 5.69 Å². The number of rotatable bonds is 4. The fraction of sp³-hybridized carbons (Fsp3) is 0.786. The van der Waals surface area contributed by atoms with Gasteiger partial charge >= 0.3 is 0 Å². The van der Waals surface area contributed by atoms with E-state index in [0.717, 1.165) is 22.6 Å². The zero-order valence-corrected chi connectivity index (χ0v) is 14.1. The molecule has 0 amide bonds. The average molecular weight is 300 g/mol. The Bertz CT molecular complexity index is 419. The number of aryl methyl sites for hydroxylation is 2. The summed E-state index contributed by atoms with van der Waals surface area (Å²) in [4.78, 5) is 0. The fourth-order valence-electron chi connectivity index (χ4n) is 2.52. The van der Waals surface area contributed by atoms with Gasteiger partial charge in [0, 0.05) is 46.7 Å². The molecule has 1 N–H and O–H groups in total. The summed E-state index contributed by atoms with van der Waals surface area (Å²) in [6.45, 7) is 6.76. The van der Waals surface area contributed by atoms with Gasteiger partial charge in [-0.05, 0) is 20.0 Å². The molecule has 0 radical (unpaired) electrons. The zero-order chi connectivity index (χ0) is 14.0. The second-order valence-electron chi connectivity index (χ2n) is 5.42. The van der Waals surface area contributed by atoms with Gasteiger partial charge in [0.15, 0.2) is 0 Å². The molecular weight excluding hydrogens is 274 g/mol. The van der Waals surface area contributed by atoms with Crippen molar-refractivity contribution in [3.05, 3.63) is 17.5 Å². The molecule has 108 valence electrons. The van der Waals surface area contributed by atoms with Gasteiger partial charge in [-0.15, -0.1) is 0 Å².